The Hall–Kier alpha value is -1.64. The summed E-state index contributed by atoms with van der Waals surface area (Å²) in [6.45, 7) is 3.71. The van der Waals surface area contributed by atoms with Crippen molar-refractivity contribution in [3.8, 4) is 0 Å². The third-order valence-corrected chi connectivity index (χ3v) is 2.85. The predicted octanol–water partition coefficient (Wildman–Crippen LogP) is 2.06. The second-order valence-corrected chi connectivity index (χ2v) is 4.08. The Morgan fingerprint density at radius 3 is 2.94 bits per heavy atom. The number of carbonyl (C=O) groups is 2. The van der Waals surface area contributed by atoms with Crippen LogP contribution in [-0.4, -0.2) is 17.9 Å². The normalized spacial score (nSPS) is 18.9. The highest BCUT2D eigenvalue weighted by atomic mass is 16.5. The average Bonchev–Trinajstić information content (AvgIpc) is 2.28. The minimum absolute atomic E-state index is 0.0143. The third kappa shape index (κ3) is 1.85. The number of fused-ring (bicyclic) bond motifs is 1. The summed E-state index contributed by atoms with van der Waals surface area (Å²) in [7, 11) is 0. The Balaban J connectivity index is 2.33. The molecule has 0 aromatic heterocycles. The summed E-state index contributed by atoms with van der Waals surface area (Å²) in [4.78, 5) is 23.2. The molecule has 1 heterocycles. The molecule has 1 aliphatic heterocycles. The van der Waals surface area contributed by atoms with Crippen LogP contribution in [0.25, 0.3) is 0 Å². The molecule has 3 nitrogen and oxygen atoms in total. The molecule has 84 valence electrons. The third-order valence-electron chi connectivity index (χ3n) is 2.85. The number of aryl methyl sites for hydroxylation is 1. The molecular formula is C13H14O3. The van der Waals surface area contributed by atoms with Gasteiger partial charge in [0.15, 0.2) is 11.9 Å². The summed E-state index contributed by atoms with van der Waals surface area (Å²) in [5.41, 5.74) is 2.53. The van der Waals surface area contributed by atoms with Gasteiger partial charge in [0.2, 0.25) is 0 Å². The van der Waals surface area contributed by atoms with Crippen molar-refractivity contribution < 1.29 is 14.3 Å². The highest BCUT2D eigenvalue weighted by Crippen LogP contribution is 2.22. The summed E-state index contributed by atoms with van der Waals surface area (Å²) in [5, 5.41) is 0. The smallest absolute Gasteiger partial charge is 0.339 e. The first-order chi connectivity index (χ1) is 7.61. The van der Waals surface area contributed by atoms with Crippen molar-refractivity contribution in [1.82, 2.24) is 0 Å². The topological polar surface area (TPSA) is 43.4 Å². The number of benzene rings is 1. The van der Waals surface area contributed by atoms with Gasteiger partial charge < -0.3 is 4.74 Å². The van der Waals surface area contributed by atoms with Gasteiger partial charge in [0, 0.05) is 12.8 Å². The largest absolute Gasteiger partial charge is 0.450 e. The fourth-order valence-corrected chi connectivity index (χ4v) is 1.90. The van der Waals surface area contributed by atoms with Gasteiger partial charge in [-0.05, 0) is 18.6 Å². The number of ether oxygens (including phenoxy) is 1. The molecule has 0 radical (unpaired) electrons. The van der Waals surface area contributed by atoms with Crippen molar-refractivity contribution >= 4 is 11.8 Å². The molecule has 0 amide bonds. The van der Waals surface area contributed by atoms with Crippen LogP contribution in [0, 0.1) is 6.92 Å². The molecule has 0 N–H and O–H groups in total. The lowest BCUT2D eigenvalue weighted by atomic mass is 9.94. The maximum atomic E-state index is 11.7. The van der Waals surface area contributed by atoms with Crippen LogP contribution >= 0.6 is 0 Å². The van der Waals surface area contributed by atoms with E-state index in [1.165, 1.54) is 0 Å². The number of Topliss-reactive ketones (excluding diaryl/α,β-unsaturated/α-hetero) is 1. The van der Waals surface area contributed by atoms with Crippen LogP contribution in [0.1, 0.15) is 34.8 Å². The second kappa shape index (κ2) is 4.08. The minimum atomic E-state index is -0.590. The first-order valence-electron chi connectivity index (χ1n) is 5.45. The monoisotopic (exact) mass is 218 g/mol. The summed E-state index contributed by atoms with van der Waals surface area (Å²) in [6.07, 6.45) is 0.320. The maximum absolute atomic E-state index is 11.7. The maximum Gasteiger partial charge on any atom is 0.339 e. The average molecular weight is 218 g/mol. The van der Waals surface area contributed by atoms with Crippen LogP contribution in [-0.2, 0) is 16.0 Å². The van der Waals surface area contributed by atoms with E-state index in [1.54, 1.807) is 6.92 Å². The highest BCUT2D eigenvalue weighted by Gasteiger charge is 2.29. The van der Waals surface area contributed by atoms with E-state index in [4.69, 9.17) is 4.74 Å². The number of carbonyl (C=O) groups excluding carboxylic acids is 2. The van der Waals surface area contributed by atoms with Crippen molar-refractivity contribution in [2.75, 3.05) is 0 Å². The number of cyclic esters (lactones) is 1. The molecule has 0 bridgehead atoms. The Bertz CT molecular complexity index is 448. The Morgan fingerprint density at radius 1 is 1.50 bits per heavy atom. The molecule has 1 aromatic rings. The van der Waals surface area contributed by atoms with Crippen molar-refractivity contribution in [2.24, 2.45) is 0 Å². The Labute approximate surface area is 94.4 Å². The molecule has 0 saturated carbocycles. The van der Waals surface area contributed by atoms with Crippen molar-refractivity contribution in [3.63, 3.8) is 0 Å². The molecule has 1 aliphatic rings. The van der Waals surface area contributed by atoms with Crippen LogP contribution in [0.2, 0.25) is 0 Å². The van der Waals surface area contributed by atoms with Crippen molar-refractivity contribution in [3.05, 3.63) is 34.9 Å². The van der Waals surface area contributed by atoms with Crippen LogP contribution in [0.3, 0.4) is 0 Å². The van der Waals surface area contributed by atoms with Gasteiger partial charge in [0.1, 0.15) is 0 Å². The van der Waals surface area contributed by atoms with E-state index in [0.717, 1.165) is 11.1 Å². The zero-order valence-corrected chi connectivity index (χ0v) is 9.45. The molecule has 1 unspecified atom stereocenters. The first kappa shape index (κ1) is 10.9. The molecule has 0 spiro atoms. The first-order valence-corrected chi connectivity index (χ1v) is 5.45. The molecule has 3 heteroatoms. The number of hydrogen-bond acceptors (Lipinski definition) is 3. The van der Waals surface area contributed by atoms with Gasteiger partial charge in [0.05, 0.1) is 5.56 Å². The molecule has 0 fully saturated rings. The number of rotatable bonds is 2. The van der Waals surface area contributed by atoms with E-state index in [1.807, 2.05) is 25.1 Å². The molecular weight excluding hydrogens is 204 g/mol. The standard InChI is InChI=1S/C13H14O3/c1-3-11(14)12-7-9-5-4-8(2)6-10(9)13(15)16-12/h4-6,12H,3,7H2,1-2H3. The van der Waals surface area contributed by atoms with Crippen LogP contribution in [0.15, 0.2) is 18.2 Å². The van der Waals surface area contributed by atoms with Gasteiger partial charge >= 0.3 is 5.97 Å². The van der Waals surface area contributed by atoms with E-state index >= 15 is 0 Å². The van der Waals surface area contributed by atoms with E-state index in [9.17, 15) is 9.59 Å². The van der Waals surface area contributed by atoms with Crippen LogP contribution in [0.5, 0.6) is 0 Å². The molecule has 1 aromatic carbocycles. The minimum Gasteiger partial charge on any atom is -0.450 e. The summed E-state index contributed by atoms with van der Waals surface area (Å²) in [5.74, 6) is -0.392. The summed E-state index contributed by atoms with van der Waals surface area (Å²) >= 11 is 0. The quantitative estimate of drug-likeness (QED) is 0.713. The van der Waals surface area contributed by atoms with Gasteiger partial charge in [-0.2, -0.15) is 0 Å². The molecule has 2 rings (SSSR count). The van der Waals surface area contributed by atoms with Crippen molar-refractivity contribution in [1.29, 1.82) is 0 Å². The second-order valence-electron chi connectivity index (χ2n) is 4.08. The lowest BCUT2D eigenvalue weighted by Crippen LogP contribution is -2.33. The van der Waals surface area contributed by atoms with E-state index in [-0.39, 0.29) is 11.8 Å². The zero-order valence-electron chi connectivity index (χ0n) is 9.45. The number of esters is 1. The van der Waals surface area contributed by atoms with Gasteiger partial charge in [-0.3, -0.25) is 4.79 Å². The van der Waals surface area contributed by atoms with Crippen LogP contribution < -0.4 is 0 Å². The molecule has 0 saturated heterocycles. The fourth-order valence-electron chi connectivity index (χ4n) is 1.90. The summed E-state index contributed by atoms with van der Waals surface area (Å²) < 4.78 is 5.13. The van der Waals surface area contributed by atoms with Crippen LogP contribution in [0.4, 0.5) is 0 Å². The fraction of sp³-hybridized carbons (Fsp3) is 0.385. The molecule has 16 heavy (non-hydrogen) atoms. The highest BCUT2D eigenvalue weighted by molar-refractivity contribution is 5.96. The van der Waals surface area contributed by atoms with E-state index in [2.05, 4.69) is 0 Å². The lowest BCUT2D eigenvalue weighted by molar-refractivity contribution is -0.127. The van der Waals surface area contributed by atoms with E-state index < -0.39 is 6.10 Å². The number of ketones is 1. The summed E-state index contributed by atoms with van der Waals surface area (Å²) in [6, 6.07) is 5.66. The van der Waals surface area contributed by atoms with E-state index in [0.29, 0.717) is 18.4 Å². The lowest BCUT2D eigenvalue weighted by Gasteiger charge is -2.23. The molecule has 1 atom stereocenters. The molecule has 0 aliphatic carbocycles. The SMILES string of the molecule is CCC(=O)C1Cc2ccc(C)cc2C(=O)O1. The van der Waals surface area contributed by atoms with Gasteiger partial charge in [-0.25, -0.2) is 4.79 Å². The predicted molar refractivity (Wildman–Crippen MR) is 59.4 cm³/mol. The van der Waals surface area contributed by atoms with Gasteiger partial charge in [-0.15, -0.1) is 0 Å². The zero-order chi connectivity index (χ0) is 11.7. The van der Waals surface area contributed by atoms with Crippen molar-refractivity contribution in [2.45, 2.75) is 32.8 Å². The Morgan fingerprint density at radius 2 is 2.25 bits per heavy atom. The van der Waals surface area contributed by atoms with Gasteiger partial charge in [-0.1, -0.05) is 24.6 Å². The Kier molecular flexibility index (Phi) is 2.77. The van der Waals surface area contributed by atoms with Gasteiger partial charge in [0.25, 0.3) is 0 Å². The number of hydrogen-bond donors (Lipinski definition) is 0.